The van der Waals surface area contributed by atoms with E-state index in [1.807, 2.05) is 19.0 Å². The highest BCUT2D eigenvalue weighted by Gasteiger charge is 2.41. The molecule has 0 aromatic heterocycles. The smallest absolute Gasteiger partial charge is 0.249 e. The van der Waals surface area contributed by atoms with Crippen molar-refractivity contribution in [3.8, 4) is 0 Å². The van der Waals surface area contributed by atoms with Crippen molar-refractivity contribution in [2.45, 2.75) is 31.2 Å². The normalized spacial score (nSPS) is 33.7. The summed E-state index contributed by atoms with van der Waals surface area (Å²) in [6, 6.07) is -0.0613. The zero-order chi connectivity index (χ0) is 10.1. The van der Waals surface area contributed by atoms with Crippen LogP contribution in [0.15, 0.2) is 0 Å². The van der Waals surface area contributed by atoms with Gasteiger partial charge in [-0.3, -0.25) is 0 Å². The number of nitrogens with two attached hydrogens (primary N) is 1. The van der Waals surface area contributed by atoms with Gasteiger partial charge in [0.15, 0.2) is 0 Å². The Labute approximate surface area is 78.1 Å². The van der Waals surface area contributed by atoms with Crippen molar-refractivity contribution in [2.75, 3.05) is 20.6 Å². The standard InChI is InChI=1S/C9H18F2N2/c1-13(2)8-5-9(10,11)4-3-7(8)6-12/h7-8H,3-6,12H2,1-2H3. The zero-order valence-electron chi connectivity index (χ0n) is 8.26. The summed E-state index contributed by atoms with van der Waals surface area (Å²) in [5.74, 6) is -2.25. The molecule has 0 radical (unpaired) electrons. The maximum absolute atomic E-state index is 13.1. The zero-order valence-corrected chi connectivity index (χ0v) is 8.26. The minimum atomic E-state index is -2.49. The van der Waals surface area contributed by atoms with Crippen LogP contribution in [-0.4, -0.2) is 37.5 Å². The largest absolute Gasteiger partial charge is 0.330 e. The van der Waals surface area contributed by atoms with Gasteiger partial charge in [0.2, 0.25) is 5.92 Å². The highest BCUT2D eigenvalue weighted by molar-refractivity contribution is 4.89. The van der Waals surface area contributed by atoms with Crippen LogP contribution in [0, 0.1) is 5.92 Å². The molecule has 1 fully saturated rings. The molecule has 2 atom stereocenters. The minimum Gasteiger partial charge on any atom is -0.330 e. The summed E-state index contributed by atoms with van der Waals surface area (Å²) in [5, 5.41) is 0. The van der Waals surface area contributed by atoms with E-state index in [0.717, 1.165) is 0 Å². The lowest BCUT2D eigenvalue weighted by Gasteiger charge is -2.39. The fourth-order valence-corrected chi connectivity index (χ4v) is 2.04. The van der Waals surface area contributed by atoms with Gasteiger partial charge in [-0.25, -0.2) is 8.78 Å². The molecule has 1 aliphatic rings. The Morgan fingerprint density at radius 3 is 2.54 bits per heavy atom. The van der Waals surface area contributed by atoms with Crippen molar-refractivity contribution in [3.05, 3.63) is 0 Å². The van der Waals surface area contributed by atoms with Crippen LogP contribution < -0.4 is 5.73 Å². The summed E-state index contributed by atoms with van der Waals surface area (Å²) in [4.78, 5) is 1.87. The number of halogens is 2. The van der Waals surface area contributed by atoms with Gasteiger partial charge in [-0.15, -0.1) is 0 Å². The molecule has 2 unspecified atom stereocenters. The van der Waals surface area contributed by atoms with E-state index >= 15 is 0 Å². The number of hydrogen-bond donors (Lipinski definition) is 1. The Bertz CT molecular complexity index is 171. The van der Waals surface area contributed by atoms with E-state index in [2.05, 4.69) is 0 Å². The third-order valence-corrected chi connectivity index (χ3v) is 2.90. The first kappa shape index (κ1) is 10.9. The number of nitrogens with zero attached hydrogens (tertiary/aromatic N) is 1. The van der Waals surface area contributed by atoms with Gasteiger partial charge in [-0.1, -0.05) is 0 Å². The first-order chi connectivity index (χ1) is 5.96. The third-order valence-electron chi connectivity index (χ3n) is 2.90. The molecule has 2 N–H and O–H groups in total. The van der Waals surface area contributed by atoms with Gasteiger partial charge in [0.1, 0.15) is 0 Å². The molecule has 0 saturated heterocycles. The molecule has 2 nitrogen and oxygen atoms in total. The molecule has 1 aliphatic carbocycles. The summed E-state index contributed by atoms with van der Waals surface area (Å²) in [5.41, 5.74) is 5.55. The lowest BCUT2D eigenvalue weighted by Crippen LogP contribution is -2.46. The predicted octanol–water partition coefficient (Wildman–Crippen LogP) is 1.31. The molecule has 13 heavy (non-hydrogen) atoms. The van der Waals surface area contributed by atoms with Crippen molar-refractivity contribution in [1.29, 1.82) is 0 Å². The van der Waals surface area contributed by atoms with Gasteiger partial charge in [0.25, 0.3) is 0 Å². The molecule has 0 amide bonds. The maximum atomic E-state index is 13.1. The Morgan fingerprint density at radius 1 is 1.46 bits per heavy atom. The summed E-state index contributed by atoms with van der Waals surface area (Å²) >= 11 is 0. The molecule has 78 valence electrons. The second-order valence-electron chi connectivity index (χ2n) is 4.13. The Kier molecular flexibility index (Phi) is 3.24. The molecule has 4 heteroatoms. The van der Waals surface area contributed by atoms with Crippen LogP contribution in [0.4, 0.5) is 8.78 Å². The van der Waals surface area contributed by atoms with E-state index in [9.17, 15) is 8.78 Å². The summed E-state index contributed by atoms with van der Waals surface area (Å²) in [6.45, 7) is 0.513. The molecule has 0 heterocycles. The lowest BCUT2D eigenvalue weighted by atomic mass is 9.82. The molecule has 0 aliphatic heterocycles. The van der Waals surface area contributed by atoms with Crippen LogP contribution in [-0.2, 0) is 0 Å². The van der Waals surface area contributed by atoms with Gasteiger partial charge in [-0.05, 0) is 33.0 Å². The molecular weight excluding hydrogens is 174 g/mol. The highest BCUT2D eigenvalue weighted by atomic mass is 19.3. The van der Waals surface area contributed by atoms with E-state index in [4.69, 9.17) is 5.73 Å². The summed E-state index contributed by atoms with van der Waals surface area (Å²) in [6.07, 6.45) is 0.507. The molecule has 1 saturated carbocycles. The van der Waals surface area contributed by atoms with E-state index < -0.39 is 5.92 Å². The van der Waals surface area contributed by atoms with Crippen molar-refractivity contribution >= 4 is 0 Å². The fraction of sp³-hybridized carbons (Fsp3) is 1.00. The van der Waals surface area contributed by atoms with Crippen LogP contribution >= 0.6 is 0 Å². The average Bonchev–Trinajstić information content (AvgIpc) is 2.03. The number of hydrogen-bond acceptors (Lipinski definition) is 2. The highest BCUT2D eigenvalue weighted by Crippen LogP contribution is 2.37. The lowest BCUT2D eigenvalue weighted by molar-refractivity contribution is -0.0734. The minimum absolute atomic E-state index is 0.000787. The predicted molar refractivity (Wildman–Crippen MR) is 48.8 cm³/mol. The third kappa shape index (κ3) is 2.61. The maximum Gasteiger partial charge on any atom is 0.249 e. The Balaban J connectivity index is 2.63. The quantitative estimate of drug-likeness (QED) is 0.714. The molecular formula is C9H18F2N2. The summed E-state index contributed by atoms with van der Waals surface area (Å²) in [7, 11) is 3.68. The second-order valence-corrected chi connectivity index (χ2v) is 4.13. The summed E-state index contributed by atoms with van der Waals surface area (Å²) < 4.78 is 26.1. The van der Waals surface area contributed by atoms with Crippen LogP contribution in [0.3, 0.4) is 0 Å². The molecule has 1 rings (SSSR count). The fourth-order valence-electron chi connectivity index (χ4n) is 2.04. The van der Waals surface area contributed by atoms with Gasteiger partial charge < -0.3 is 10.6 Å². The second kappa shape index (κ2) is 3.88. The van der Waals surface area contributed by atoms with E-state index in [0.29, 0.717) is 13.0 Å². The number of alkyl halides is 2. The first-order valence-corrected chi connectivity index (χ1v) is 4.70. The first-order valence-electron chi connectivity index (χ1n) is 4.70. The van der Waals surface area contributed by atoms with Crippen molar-refractivity contribution in [2.24, 2.45) is 11.7 Å². The SMILES string of the molecule is CN(C)C1CC(F)(F)CCC1CN. The average molecular weight is 192 g/mol. The molecule has 0 aromatic rings. The van der Waals surface area contributed by atoms with Gasteiger partial charge >= 0.3 is 0 Å². The Hall–Kier alpha value is -0.220. The Morgan fingerprint density at radius 2 is 2.08 bits per heavy atom. The topological polar surface area (TPSA) is 29.3 Å². The molecule has 0 bridgehead atoms. The molecule has 0 aromatic carbocycles. The van der Waals surface area contributed by atoms with Crippen molar-refractivity contribution in [3.63, 3.8) is 0 Å². The van der Waals surface area contributed by atoms with E-state index in [-0.39, 0.29) is 24.8 Å². The van der Waals surface area contributed by atoms with E-state index in [1.54, 1.807) is 0 Å². The van der Waals surface area contributed by atoms with Crippen LogP contribution in [0.1, 0.15) is 19.3 Å². The van der Waals surface area contributed by atoms with Crippen LogP contribution in [0.2, 0.25) is 0 Å². The van der Waals surface area contributed by atoms with Crippen LogP contribution in [0.5, 0.6) is 0 Å². The van der Waals surface area contributed by atoms with Gasteiger partial charge in [-0.2, -0.15) is 0 Å². The van der Waals surface area contributed by atoms with Gasteiger partial charge in [0.05, 0.1) is 0 Å². The molecule has 0 spiro atoms. The monoisotopic (exact) mass is 192 g/mol. The van der Waals surface area contributed by atoms with E-state index in [1.165, 1.54) is 0 Å². The van der Waals surface area contributed by atoms with Crippen molar-refractivity contribution in [1.82, 2.24) is 4.90 Å². The van der Waals surface area contributed by atoms with Crippen LogP contribution in [0.25, 0.3) is 0 Å². The van der Waals surface area contributed by atoms with Gasteiger partial charge in [0, 0.05) is 18.9 Å². The van der Waals surface area contributed by atoms with Crippen molar-refractivity contribution < 1.29 is 8.78 Å². The number of rotatable bonds is 2.